The summed E-state index contributed by atoms with van der Waals surface area (Å²) in [7, 11) is 1.25. The fourth-order valence-corrected chi connectivity index (χ4v) is 1.86. The first-order valence-corrected chi connectivity index (χ1v) is 5.31. The highest BCUT2D eigenvalue weighted by Gasteiger charge is 2.23. The van der Waals surface area contributed by atoms with Gasteiger partial charge in [-0.05, 0) is 19.1 Å². The highest BCUT2D eigenvalue weighted by atomic mass is 35.5. The summed E-state index contributed by atoms with van der Waals surface area (Å²) < 4.78 is 4.59. The molecule has 1 atom stereocenters. The molecule has 16 heavy (non-hydrogen) atoms. The zero-order chi connectivity index (χ0) is 12.3. The molecule has 0 aliphatic heterocycles. The number of hydrogen-bond acceptors (Lipinski definition) is 3. The lowest BCUT2D eigenvalue weighted by Crippen LogP contribution is -2.11. The standard InChI is InChI=1S/C11H10Cl2O3/c1-6(14)10(13)9-7(11(15)16-2)4-3-5-8(9)12/h3-5,10H,1-2H3. The number of ether oxygens (including phenoxy) is 1. The van der Waals surface area contributed by atoms with Gasteiger partial charge in [-0.15, -0.1) is 11.6 Å². The first kappa shape index (κ1) is 13.0. The van der Waals surface area contributed by atoms with E-state index in [9.17, 15) is 9.59 Å². The lowest BCUT2D eigenvalue weighted by atomic mass is 10.0. The third kappa shape index (κ3) is 2.54. The molecule has 0 fully saturated rings. The molecule has 1 aromatic carbocycles. The van der Waals surface area contributed by atoms with Gasteiger partial charge in [-0.1, -0.05) is 17.7 Å². The lowest BCUT2D eigenvalue weighted by molar-refractivity contribution is -0.116. The summed E-state index contributed by atoms with van der Waals surface area (Å²) in [6.45, 7) is 1.34. The van der Waals surface area contributed by atoms with Gasteiger partial charge in [0.05, 0.1) is 12.7 Å². The van der Waals surface area contributed by atoms with Crippen molar-refractivity contribution in [3.8, 4) is 0 Å². The van der Waals surface area contributed by atoms with Gasteiger partial charge in [0, 0.05) is 10.6 Å². The van der Waals surface area contributed by atoms with E-state index in [1.54, 1.807) is 12.1 Å². The van der Waals surface area contributed by atoms with E-state index in [2.05, 4.69) is 4.74 Å². The monoisotopic (exact) mass is 260 g/mol. The predicted octanol–water partition coefficient (Wildman–Crippen LogP) is 3.00. The van der Waals surface area contributed by atoms with Crippen LogP contribution in [0, 0.1) is 0 Å². The smallest absolute Gasteiger partial charge is 0.338 e. The molecular weight excluding hydrogens is 251 g/mol. The number of carbonyl (C=O) groups excluding carboxylic acids is 2. The van der Waals surface area contributed by atoms with E-state index in [4.69, 9.17) is 23.2 Å². The molecule has 0 saturated heterocycles. The fourth-order valence-electron chi connectivity index (χ4n) is 1.29. The van der Waals surface area contributed by atoms with Gasteiger partial charge in [0.1, 0.15) is 5.38 Å². The molecule has 1 unspecified atom stereocenters. The maximum Gasteiger partial charge on any atom is 0.338 e. The molecule has 0 spiro atoms. The number of rotatable bonds is 3. The molecule has 0 aliphatic carbocycles. The minimum absolute atomic E-state index is 0.213. The molecule has 1 rings (SSSR count). The summed E-state index contributed by atoms with van der Waals surface area (Å²) in [5.41, 5.74) is 0.510. The van der Waals surface area contributed by atoms with E-state index in [1.807, 2.05) is 0 Å². The Morgan fingerprint density at radius 1 is 1.38 bits per heavy atom. The molecule has 5 heteroatoms. The summed E-state index contributed by atoms with van der Waals surface area (Å²) in [6, 6.07) is 4.69. The van der Waals surface area contributed by atoms with Crippen molar-refractivity contribution < 1.29 is 14.3 Å². The molecule has 1 aromatic rings. The second kappa shape index (κ2) is 5.32. The molecule has 0 aliphatic rings. The number of methoxy groups -OCH3 is 1. The molecule has 0 radical (unpaired) electrons. The van der Waals surface area contributed by atoms with Crippen molar-refractivity contribution in [1.29, 1.82) is 0 Å². The number of hydrogen-bond donors (Lipinski definition) is 0. The van der Waals surface area contributed by atoms with E-state index in [1.165, 1.54) is 20.1 Å². The Morgan fingerprint density at radius 2 is 2.00 bits per heavy atom. The Bertz CT molecular complexity index is 429. The summed E-state index contributed by atoms with van der Waals surface area (Å²) in [4.78, 5) is 22.7. The number of carbonyl (C=O) groups is 2. The molecule has 0 aromatic heterocycles. The van der Waals surface area contributed by atoms with Gasteiger partial charge in [-0.3, -0.25) is 4.79 Å². The van der Waals surface area contributed by atoms with Gasteiger partial charge in [0.15, 0.2) is 5.78 Å². The number of alkyl halides is 1. The van der Waals surface area contributed by atoms with Crippen molar-refractivity contribution in [2.24, 2.45) is 0 Å². The number of esters is 1. The van der Waals surface area contributed by atoms with Crippen LogP contribution >= 0.6 is 23.2 Å². The first-order valence-electron chi connectivity index (χ1n) is 4.50. The van der Waals surface area contributed by atoms with Gasteiger partial charge in [-0.25, -0.2) is 4.79 Å². The van der Waals surface area contributed by atoms with Gasteiger partial charge in [0.25, 0.3) is 0 Å². The van der Waals surface area contributed by atoms with Gasteiger partial charge in [-0.2, -0.15) is 0 Å². The third-order valence-corrected chi connectivity index (χ3v) is 2.92. The van der Waals surface area contributed by atoms with E-state index in [0.29, 0.717) is 5.56 Å². The summed E-state index contributed by atoms with van der Waals surface area (Å²) in [5, 5.41) is -0.666. The molecular formula is C11H10Cl2O3. The lowest BCUT2D eigenvalue weighted by Gasteiger charge is -2.12. The van der Waals surface area contributed by atoms with Crippen molar-refractivity contribution in [3.05, 3.63) is 34.3 Å². The van der Waals surface area contributed by atoms with Crippen LogP contribution in [0.1, 0.15) is 28.2 Å². The predicted molar refractivity (Wildman–Crippen MR) is 62.1 cm³/mol. The average molecular weight is 261 g/mol. The fraction of sp³-hybridized carbons (Fsp3) is 0.273. The Kier molecular flexibility index (Phi) is 4.33. The van der Waals surface area contributed by atoms with Crippen molar-refractivity contribution in [3.63, 3.8) is 0 Å². The topological polar surface area (TPSA) is 43.4 Å². The number of ketones is 1. The van der Waals surface area contributed by atoms with Crippen LogP contribution in [0.3, 0.4) is 0 Å². The quantitative estimate of drug-likeness (QED) is 0.620. The van der Waals surface area contributed by atoms with Crippen molar-refractivity contribution in [1.82, 2.24) is 0 Å². The maximum atomic E-state index is 11.5. The highest BCUT2D eigenvalue weighted by molar-refractivity contribution is 6.36. The zero-order valence-electron chi connectivity index (χ0n) is 8.79. The van der Waals surface area contributed by atoms with Gasteiger partial charge in [0.2, 0.25) is 0 Å². The number of benzene rings is 1. The summed E-state index contributed by atoms with van der Waals surface area (Å²) >= 11 is 11.8. The van der Waals surface area contributed by atoms with Crippen LogP contribution in [-0.2, 0) is 9.53 Å². The minimum Gasteiger partial charge on any atom is -0.465 e. The van der Waals surface area contributed by atoms with Crippen LogP contribution in [0.15, 0.2) is 18.2 Å². The molecule has 3 nitrogen and oxygen atoms in total. The number of Topliss-reactive ketones (excluding diaryl/α,β-unsaturated/α-hetero) is 1. The van der Waals surface area contributed by atoms with Crippen LogP contribution in [0.5, 0.6) is 0 Å². The molecule has 0 saturated carbocycles. The number of halogens is 2. The van der Waals surface area contributed by atoms with Gasteiger partial charge >= 0.3 is 5.97 Å². The zero-order valence-corrected chi connectivity index (χ0v) is 10.3. The molecule has 0 heterocycles. The highest BCUT2D eigenvalue weighted by Crippen LogP contribution is 2.32. The summed E-state index contributed by atoms with van der Waals surface area (Å²) in [6.07, 6.45) is 0. The third-order valence-electron chi connectivity index (χ3n) is 2.07. The molecule has 0 bridgehead atoms. The van der Waals surface area contributed by atoms with Crippen LogP contribution < -0.4 is 0 Å². The Balaban J connectivity index is 3.34. The Hall–Kier alpha value is -1.06. The van der Waals surface area contributed by atoms with E-state index >= 15 is 0 Å². The van der Waals surface area contributed by atoms with Crippen LogP contribution in [0.4, 0.5) is 0 Å². The van der Waals surface area contributed by atoms with Gasteiger partial charge < -0.3 is 4.74 Å². The largest absolute Gasteiger partial charge is 0.465 e. The normalized spacial score (nSPS) is 12.0. The van der Waals surface area contributed by atoms with Crippen molar-refractivity contribution >= 4 is 35.0 Å². The second-order valence-electron chi connectivity index (χ2n) is 3.17. The average Bonchev–Trinajstić information content (AvgIpc) is 2.26. The Morgan fingerprint density at radius 3 is 2.50 bits per heavy atom. The first-order chi connectivity index (χ1) is 7.49. The molecule has 0 N–H and O–H groups in total. The Labute approximate surface area is 103 Å². The molecule has 86 valence electrons. The van der Waals surface area contributed by atoms with Crippen LogP contribution in [-0.4, -0.2) is 18.9 Å². The second-order valence-corrected chi connectivity index (χ2v) is 4.01. The van der Waals surface area contributed by atoms with E-state index < -0.39 is 11.3 Å². The SMILES string of the molecule is COC(=O)c1cccc(Cl)c1C(Cl)C(C)=O. The van der Waals surface area contributed by atoms with Crippen LogP contribution in [0.2, 0.25) is 5.02 Å². The van der Waals surface area contributed by atoms with Crippen molar-refractivity contribution in [2.45, 2.75) is 12.3 Å². The van der Waals surface area contributed by atoms with E-state index in [0.717, 1.165) is 0 Å². The summed E-state index contributed by atoms with van der Waals surface area (Å²) in [5.74, 6) is -0.843. The van der Waals surface area contributed by atoms with Crippen LogP contribution in [0.25, 0.3) is 0 Å². The minimum atomic E-state index is -0.942. The molecule has 0 amide bonds. The van der Waals surface area contributed by atoms with E-state index in [-0.39, 0.29) is 16.4 Å². The maximum absolute atomic E-state index is 11.5. The van der Waals surface area contributed by atoms with Crippen molar-refractivity contribution in [2.75, 3.05) is 7.11 Å².